The normalized spacial score (nSPS) is 18.2. The first-order valence-corrected chi connectivity index (χ1v) is 10.1. The number of anilines is 1. The van der Waals surface area contributed by atoms with Crippen LogP contribution in [0.2, 0.25) is 0 Å². The highest BCUT2D eigenvalue weighted by Gasteiger charge is 2.34. The topological polar surface area (TPSA) is 41.6 Å². The molecule has 0 fully saturated rings. The van der Waals surface area contributed by atoms with Crippen molar-refractivity contribution in [3.05, 3.63) is 102 Å². The number of nitrogens with one attached hydrogen (secondary N) is 1. The van der Waals surface area contributed by atoms with Gasteiger partial charge in [0.15, 0.2) is 0 Å². The Bertz CT molecular complexity index is 943. The number of carbonyl (C=O) groups is 1. The first-order chi connectivity index (χ1) is 14.2. The predicted molar refractivity (Wildman–Crippen MR) is 116 cm³/mol. The predicted octanol–water partition coefficient (Wildman–Crippen LogP) is 5.45. The van der Waals surface area contributed by atoms with E-state index in [0.29, 0.717) is 0 Å². The van der Waals surface area contributed by atoms with Crippen LogP contribution >= 0.6 is 0 Å². The van der Waals surface area contributed by atoms with Crippen LogP contribution < -0.4 is 10.2 Å². The van der Waals surface area contributed by atoms with Crippen molar-refractivity contribution in [2.45, 2.75) is 38.6 Å². The number of rotatable bonds is 5. The van der Waals surface area contributed by atoms with E-state index in [1.54, 1.807) is 4.90 Å². The Balaban J connectivity index is 1.49. The van der Waals surface area contributed by atoms with Gasteiger partial charge in [0, 0.05) is 18.6 Å². The highest BCUT2D eigenvalue weighted by molar-refractivity contribution is 5.90. The summed E-state index contributed by atoms with van der Waals surface area (Å²) >= 11 is 0. The van der Waals surface area contributed by atoms with Crippen molar-refractivity contribution in [1.29, 1.82) is 0 Å². The Hall–Kier alpha value is -3.11. The van der Waals surface area contributed by atoms with Gasteiger partial charge in [0.05, 0.1) is 5.69 Å². The summed E-state index contributed by atoms with van der Waals surface area (Å²) in [6.07, 6.45) is 0.542. The first-order valence-electron chi connectivity index (χ1n) is 10.1. The molecule has 0 radical (unpaired) electrons. The molecule has 29 heavy (non-hydrogen) atoms. The number of amides is 1. The van der Waals surface area contributed by atoms with E-state index in [0.717, 1.165) is 29.8 Å². The molecule has 3 aromatic carbocycles. The molecule has 4 rings (SSSR count). The third-order valence-corrected chi connectivity index (χ3v) is 5.39. The van der Waals surface area contributed by atoms with Crippen molar-refractivity contribution in [3.63, 3.8) is 0 Å². The summed E-state index contributed by atoms with van der Waals surface area (Å²) in [5.41, 5.74) is 4.30. The van der Waals surface area contributed by atoms with Crippen molar-refractivity contribution in [2.75, 3.05) is 4.90 Å². The molecule has 0 spiro atoms. The number of para-hydroxylation sites is 1. The number of carbonyl (C=O) groups excluding carboxylic acids is 1. The molecule has 0 bridgehead atoms. The van der Waals surface area contributed by atoms with Gasteiger partial charge in [0.25, 0.3) is 0 Å². The minimum absolute atomic E-state index is 0.0430. The Labute approximate surface area is 172 Å². The Morgan fingerprint density at radius 2 is 1.55 bits per heavy atom. The van der Waals surface area contributed by atoms with Crippen LogP contribution in [0.1, 0.15) is 36.1 Å². The van der Waals surface area contributed by atoms with Gasteiger partial charge in [-0.05, 0) is 36.1 Å². The van der Waals surface area contributed by atoms with Crippen LogP contribution in [0, 0.1) is 0 Å². The van der Waals surface area contributed by atoms with Gasteiger partial charge in [-0.1, -0.05) is 78.9 Å². The number of fused-ring (bicyclic) bond motifs is 1. The number of hydrogen-bond donors (Lipinski definition) is 1. The lowest BCUT2D eigenvalue weighted by Gasteiger charge is -2.39. The highest BCUT2D eigenvalue weighted by atomic mass is 16.6. The summed E-state index contributed by atoms with van der Waals surface area (Å²) in [6.45, 7) is 3.16. The standard InChI is InChI=1S/C25H26N2O2/c1-19-16-23(26-17-20-10-4-2-5-11-20)22-14-8-9-15-24(22)27(19)25(28)29-18-21-12-6-3-7-13-21/h2-15,19,23,26H,16-18H2,1H3/t19-,23+/m1/s1. The van der Waals surface area contributed by atoms with Crippen LogP contribution in [0.3, 0.4) is 0 Å². The summed E-state index contributed by atoms with van der Waals surface area (Å²) in [5.74, 6) is 0. The minimum atomic E-state index is -0.296. The number of nitrogens with zero attached hydrogens (tertiary/aromatic N) is 1. The van der Waals surface area contributed by atoms with Crippen molar-refractivity contribution in [3.8, 4) is 0 Å². The fraction of sp³-hybridized carbons (Fsp3) is 0.240. The molecule has 0 aliphatic carbocycles. The highest BCUT2D eigenvalue weighted by Crippen LogP contribution is 2.37. The van der Waals surface area contributed by atoms with Crippen LogP contribution in [0.15, 0.2) is 84.9 Å². The van der Waals surface area contributed by atoms with Gasteiger partial charge in [-0.15, -0.1) is 0 Å². The second-order valence-corrected chi connectivity index (χ2v) is 7.47. The van der Waals surface area contributed by atoms with E-state index in [9.17, 15) is 4.79 Å². The average molecular weight is 386 g/mol. The van der Waals surface area contributed by atoms with Crippen LogP contribution in [0.25, 0.3) is 0 Å². The van der Waals surface area contributed by atoms with E-state index in [2.05, 4.69) is 42.6 Å². The lowest BCUT2D eigenvalue weighted by atomic mass is 9.92. The molecule has 0 aromatic heterocycles. The molecule has 3 aromatic rings. The molecule has 0 saturated heterocycles. The summed E-state index contributed by atoms with van der Waals surface area (Å²) < 4.78 is 5.63. The van der Waals surface area contributed by atoms with Gasteiger partial charge in [-0.3, -0.25) is 4.90 Å². The molecule has 1 aliphatic heterocycles. The van der Waals surface area contributed by atoms with Crippen molar-refractivity contribution < 1.29 is 9.53 Å². The molecule has 4 nitrogen and oxygen atoms in total. The van der Waals surface area contributed by atoms with Crippen LogP contribution in [0.5, 0.6) is 0 Å². The van der Waals surface area contributed by atoms with Gasteiger partial charge in [-0.2, -0.15) is 0 Å². The van der Waals surface area contributed by atoms with E-state index in [1.165, 1.54) is 5.56 Å². The van der Waals surface area contributed by atoms with E-state index < -0.39 is 0 Å². The van der Waals surface area contributed by atoms with Crippen LogP contribution in [-0.4, -0.2) is 12.1 Å². The maximum atomic E-state index is 12.9. The molecule has 1 amide bonds. The molecule has 4 heteroatoms. The Kier molecular flexibility index (Phi) is 5.92. The van der Waals surface area contributed by atoms with Gasteiger partial charge in [0.2, 0.25) is 0 Å². The SMILES string of the molecule is C[C@@H]1C[C@H](NCc2ccccc2)c2ccccc2N1C(=O)OCc1ccccc1. The monoisotopic (exact) mass is 386 g/mol. The second kappa shape index (κ2) is 8.93. The van der Waals surface area contributed by atoms with Gasteiger partial charge >= 0.3 is 6.09 Å². The van der Waals surface area contributed by atoms with Crippen molar-refractivity contribution >= 4 is 11.8 Å². The lowest BCUT2D eigenvalue weighted by Crippen LogP contribution is -2.45. The molecule has 1 aliphatic rings. The summed E-state index contributed by atoms with van der Waals surface area (Å²) in [7, 11) is 0. The smallest absolute Gasteiger partial charge is 0.414 e. The lowest BCUT2D eigenvalue weighted by molar-refractivity contribution is 0.143. The zero-order chi connectivity index (χ0) is 20.1. The van der Waals surface area contributed by atoms with Crippen molar-refractivity contribution in [2.24, 2.45) is 0 Å². The molecule has 1 heterocycles. The fourth-order valence-corrected chi connectivity index (χ4v) is 3.91. The second-order valence-electron chi connectivity index (χ2n) is 7.47. The van der Waals surface area contributed by atoms with Crippen molar-refractivity contribution in [1.82, 2.24) is 5.32 Å². The molecule has 0 unspecified atom stereocenters. The summed E-state index contributed by atoms with van der Waals surface area (Å²) in [6, 6.07) is 28.5. The van der Waals surface area contributed by atoms with E-state index in [-0.39, 0.29) is 24.8 Å². The van der Waals surface area contributed by atoms with Gasteiger partial charge in [-0.25, -0.2) is 4.79 Å². The first kappa shape index (κ1) is 19.2. The summed E-state index contributed by atoms with van der Waals surface area (Å²) in [5, 5.41) is 3.66. The van der Waals surface area contributed by atoms with E-state index >= 15 is 0 Å². The molecule has 1 N–H and O–H groups in total. The minimum Gasteiger partial charge on any atom is -0.444 e. The number of hydrogen-bond acceptors (Lipinski definition) is 3. The van der Waals surface area contributed by atoms with E-state index in [1.807, 2.05) is 54.6 Å². The third-order valence-electron chi connectivity index (χ3n) is 5.39. The largest absolute Gasteiger partial charge is 0.444 e. The Morgan fingerprint density at radius 1 is 0.931 bits per heavy atom. The molecule has 2 atom stereocenters. The third kappa shape index (κ3) is 4.49. The maximum absolute atomic E-state index is 12.9. The molecular formula is C25H26N2O2. The maximum Gasteiger partial charge on any atom is 0.414 e. The van der Waals surface area contributed by atoms with Crippen LogP contribution in [0.4, 0.5) is 10.5 Å². The quantitative estimate of drug-likeness (QED) is 0.634. The fourth-order valence-electron chi connectivity index (χ4n) is 3.91. The van der Waals surface area contributed by atoms with Gasteiger partial charge < -0.3 is 10.1 Å². The zero-order valence-corrected chi connectivity index (χ0v) is 16.6. The van der Waals surface area contributed by atoms with E-state index in [4.69, 9.17) is 4.74 Å². The molecule has 0 saturated carbocycles. The van der Waals surface area contributed by atoms with Gasteiger partial charge in [0.1, 0.15) is 6.61 Å². The van der Waals surface area contributed by atoms with Crippen LogP contribution in [-0.2, 0) is 17.9 Å². The number of ether oxygens (including phenoxy) is 1. The number of benzene rings is 3. The Morgan fingerprint density at radius 3 is 2.28 bits per heavy atom. The summed E-state index contributed by atoms with van der Waals surface area (Å²) in [4.78, 5) is 14.7. The molecular weight excluding hydrogens is 360 g/mol. The average Bonchev–Trinajstić information content (AvgIpc) is 2.77. The zero-order valence-electron chi connectivity index (χ0n) is 16.6. The molecule has 148 valence electrons.